The van der Waals surface area contributed by atoms with Crippen molar-refractivity contribution < 1.29 is 14.3 Å². The first kappa shape index (κ1) is 15.3. The second-order valence-electron chi connectivity index (χ2n) is 5.63. The predicted molar refractivity (Wildman–Crippen MR) is 87.2 cm³/mol. The predicted octanol–water partition coefficient (Wildman–Crippen LogP) is 3.15. The number of rotatable bonds is 4. The molecule has 1 amide bonds. The molecule has 2 aromatic carbocycles. The minimum absolute atomic E-state index is 0.00357. The summed E-state index contributed by atoms with van der Waals surface area (Å²) in [6, 6.07) is 18.1. The fourth-order valence-electron chi connectivity index (χ4n) is 2.85. The molecule has 1 fully saturated rings. The zero-order valence-electron chi connectivity index (χ0n) is 12.9. The van der Waals surface area contributed by atoms with E-state index >= 15 is 0 Å². The smallest absolute Gasteiger partial charge is 0.338 e. The SMILES string of the molecule is O=C(OC[C@@H]1CCCN1C(=O)c1ccccc1)c1ccccc1. The van der Waals surface area contributed by atoms with Crippen LogP contribution in [0.3, 0.4) is 0 Å². The molecule has 0 spiro atoms. The first-order valence-electron chi connectivity index (χ1n) is 7.84. The van der Waals surface area contributed by atoms with Crippen molar-refractivity contribution in [2.45, 2.75) is 18.9 Å². The van der Waals surface area contributed by atoms with E-state index in [9.17, 15) is 9.59 Å². The lowest BCUT2D eigenvalue weighted by molar-refractivity contribution is 0.0369. The largest absolute Gasteiger partial charge is 0.460 e. The van der Waals surface area contributed by atoms with Gasteiger partial charge in [-0.2, -0.15) is 0 Å². The zero-order valence-corrected chi connectivity index (χ0v) is 12.9. The lowest BCUT2D eigenvalue weighted by atomic mass is 10.1. The third-order valence-corrected chi connectivity index (χ3v) is 4.08. The molecular weight excluding hydrogens is 290 g/mol. The Kier molecular flexibility index (Phi) is 4.71. The number of nitrogens with zero attached hydrogens (tertiary/aromatic N) is 1. The summed E-state index contributed by atoms with van der Waals surface area (Å²) >= 11 is 0. The van der Waals surface area contributed by atoms with Crippen LogP contribution in [0.4, 0.5) is 0 Å². The first-order valence-corrected chi connectivity index (χ1v) is 7.84. The Morgan fingerprint density at radius 3 is 2.22 bits per heavy atom. The summed E-state index contributed by atoms with van der Waals surface area (Å²) in [7, 11) is 0. The van der Waals surface area contributed by atoms with Crippen molar-refractivity contribution in [1.29, 1.82) is 0 Å². The average Bonchev–Trinajstić information content (AvgIpc) is 3.09. The number of carbonyl (C=O) groups is 2. The van der Waals surface area contributed by atoms with Gasteiger partial charge in [0.15, 0.2) is 0 Å². The van der Waals surface area contributed by atoms with E-state index in [1.165, 1.54) is 0 Å². The number of hydrogen-bond acceptors (Lipinski definition) is 3. The number of likely N-dealkylation sites (tertiary alicyclic amines) is 1. The van der Waals surface area contributed by atoms with Gasteiger partial charge in [-0.05, 0) is 37.1 Å². The monoisotopic (exact) mass is 309 g/mol. The van der Waals surface area contributed by atoms with Crippen LogP contribution in [0.1, 0.15) is 33.6 Å². The van der Waals surface area contributed by atoms with Crippen molar-refractivity contribution >= 4 is 11.9 Å². The van der Waals surface area contributed by atoms with E-state index in [0.717, 1.165) is 12.8 Å². The molecule has 0 N–H and O–H groups in total. The number of ether oxygens (including phenoxy) is 1. The molecule has 2 aromatic rings. The van der Waals surface area contributed by atoms with Crippen molar-refractivity contribution in [3.8, 4) is 0 Å². The van der Waals surface area contributed by atoms with Gasteiger partial charge < -0.3 is 9.64 Å². The molecule has 0 bridgehead atoms. The van der Waals surface area contributed by atoms with E-state index < -0.39 is 0 Å². The number of benzene rings is 2. The van der Waals surface area contributed by atoms with Crippen LogP contribution in [0.5, 0.6) is 0 Å². The molecule has 4 nitrogen and oxygen atoms in total. The summed E-state index contributed by atoms with van der Waals surface area (Å²) < 4.78 is 5.40. The summed E-state index contributed by atoms with van der Waals surface area (Å²) in [5, 5.41) is 0. The van der Waals surface area contributed by atoms with Gasteiger partial charge >= 0.3 is 5.97 Å². The van der Waals surface area contributed by atoms with Gasteiger partial charge in [-0.1, -0.05) is 36.4 Å². The number of carbonyl (C=O) groups excluding carboxylic acids is 2. The number of amides is 1. The summed E-state index contributed by atoms with van der Waals surface area (Å²) in [4.78, 5) is 26.4. The third kappa shape index (κ3) is 3.59. The molecule has 23 heavy (non-hydrogen) atoms. The van der Waals surface area contributed by atoms with E-state index in [1.54, 1.807) is 24.3 Å². The summed E-state index contributed by atoms with van der Waals surface area (Å²) in [6.07, 6.45) is 1.80. The Morgan fingerprint density at radius 1 is 0.957 bits per heavy atom. The summed E-state index contributed by atoms with van der Waals surface area (Å²) in [6.45, 7) is 0.952. The Labute approximate surface area is 135 Å². The second-order valence-corrected chi connectivity index (χ2v) is 5.63. The third-order valence-electron chi connectivity index (χ3n) is 4.08. The van der Waals surface area contributed by atoms with Crippen LogP contribution < -0.4 is 0 Å². The summed E-state index contributed by atoms with van der Waals surface area (Å²) in [5.41, 5.74) is 1.21. The molecule has 0 aliphatic carbocycles. The van der Waals surface area contributed by atoms with Gasteiger partial charge in [0.25, 0.3) is 5.91 Å². The molecule has 0 unspecified atom stereocenters. The van der Waals surface area contributed by atoms with Gasteiger partial charge in [-0.3, -0.25) is 4.79 Å². The zero-order chi connectivity index (χ0) is 16.1. The molecule has 0 saturated carbocycles. The normalized spacial score (nSPS) is 17.0. The average molecular weight is 309 g/mol. The number of hydrogen-bond donors (Lipinski definition) is 0. The minimum atomic E-state index is -0.343. The molecule has 1 heterocycles. The van der Waals surface area contributed by atoms with Crippen molar-refractivity contribution in [2.24, 2.45) is 0 Å². The highest BCUT2D eigenvalue weighted by Gasteiger charge is 2.30. The first-order chi connectivity index (χ1) is 11.3. The van der Waals surface area contributed by atoms with Crippen molar-refractivity contribution in [3.63, 3.8) is 0 Å². The fourth-order valence-corrected chi connectivity index (χ4v) is 2.85. The van der Waals surface area contributed by atoms with Gasteiger partial charge in [-0.25, -0.2) is 4.79 Å². The van der Waals surface area contributed by atoms with E-state index in [0.29, 0.717) is 17.7 Å². The molecule has 1 aliphatic heterocycles. The number of esters is 1. The molecule has 0 aromatic heterocycles. The van der Waals surface area contributed by atoms with Gasteiger partial charge in [0.2, 0.25) is 0 Å². The van der Waals surface area contributed by atoms with Crippen LogP contribution in [-0.2, 0) is 4.74 Å². The highest BCUT2D eigenvalue weighted by Crippen LogP contribution is 2.20. The lowest BCUT2D eigenvalue weighted by Gasteiger charge is -2.24. The molecule has 4 heteroatoms. The Balaban J connectivity index is 1.61. The van der Waals surface area contributed by atoms with Crippen molar-refractivity contribution in [1.82, 2.24) is 4.90 Å². The Hall–Kier alpha value is -2.62. The topological polar surface area (TPSA) is 46.6 Å². The van der Waals surface area contributed by atoms with Gasteiger partial charge in [-0.15, -0.1) is 0 Å². The van der Waals surface area contributed by atoms with Crippen molar-refractivity contribution in [2.75, 3.05) is 13.2 Å². The van der Waals surface area contributed by atoms with Gasteiger partial charge in [0.1, 0.15) is 6.61 Å². The standard InChI is InChI=1S/C19H19NO3/c21-18(15-8-3-1-4-9-15)20-13-7-12-17(20)14-23-19(22)16-10-5-2-6-11-16/h1-6,8-11,17H,7,12-14H2/t17-/m0/s1. The second kappa shape index (κ2) is 7.09. The van der Waals surface area contributed by atoms with Gasteiger partial charge in [0, 0.05) is 12.1 Å². The highest BCUT2D eigenvalue weighted by molar-refractivity contribution is 5.94. The van der Waals surface area contributed by atoms with E-state index in [1.807, 2.05) is 41.3 Å². The van der Waals surface area contributed by atoms with E-state index in [4.69, 9.17) is 4.74 Å². The molecule has 1 atom stereocenters. The van der Waals surface area contributed by atoms with Crippen LogP contribution in [0.2, 0.25) is 0 Å². The molecule has 118 valence electrons. The van der Waals surface area contributed by atoms with Crippen LogP contribution in [-0.4, -0.2) is 36.0 Å². The Bertz CT molecular complexity index is 670. The maximum atomic E-state index is 12.6. The van der Waals surface area contributed by atoms with E-state index in [2.05, 4.69) is 0 Å². The van der Waals surface area contributed by atoms with Crippen molar-refractivity contribution in [3.05, 3.63) is 71.8 Å². The molecule has 3 rings (SSSR count). The minimum Gasteiger partial charge on any atom is -0.460 e. The maximum absolute atomic E-state index is 12.6. The maximum Gasteiger partial charge on any atom is 0.338 e. The van der Waals surface area contributed by atoms with Crippen LogP contribution >= 0.6 is 0 Å². The quantitative estimate of drug-likeness (QED) is 0.815. The molecular formula is C19H19NO3. The molecule has 1 aliphatic rings. The van der Waals surface area contributed by atoms with Gasteiger partial charge in [0.05, 0.1) is 11.6 Å². The summed E-state index contributed by atoms with van der Waals surface area (Å²) in [5.74, 6) is -0.339. The molecule has 1 saturated heterocycles. The molecule has 0 radical (unpaired) electrons. The van der Waals surface area contributed by atoms with Crippen LogP contribution in [0, 0.1) is 0 Å². The van der Waals surface area contributed by atoms with Crippen LogP contribution in [0.25, 0.3) is 0 Å². The lowest BCUT2D eigenvalue weighted by Crippen LogP contribution is -2.38. The van der Waals surface area contributed by atoms with E-state index in [-0.39, 0.29) is 24.5 Å². The Morgan fingerprint density at radius 2 is 1.57 bits per heavy atom. The highest BCUT2D eigenvalue weighted by atomic mass is 16.5. The fraction of sp³-hybridized carbons (Fsp3) is 0.263. The van der Waals surface area contributed by atoms with Crippen LogP contribution in [0.15, 0.2) is 60.7 Å².